The summed E-state index contributed by atoms with van der Waals surface area (Å²) < 4.78 is 7.80. The van der Waals surface area contributed by atoms with E-state index in [-0.39, 0.29) is 47.9 Å². The molecule has 0 aliphatic rings. The number of thiophene rings is 1. The van der Waals surface area contributed by atoms with E-state index < -0.39 is 0 Å². The van der Waals surface area contributed by atoms with Crippen LogP contribution in [0.25, 0.3) is 54.4 Å². The van der Waals surface area contributed by atoms with Gasteiger partial charge in [-0.1, -0.05) is 104 Å². The van der Waals surface area contributed by atoms with Gasteiger partial charge in [0.15, 0.2) is 5.78 Å². The number of carbonyl (C=O) groups is 1. The number of nitrogens with zero attached hydrogens (tertiary/aromatic N) is 1. The fourth-order valence-electron chi connectivity index (χ4n) is 6.75. The van der Waals surface area contributed by atoms with Gasteiger partial charge in [-0.05, 0) is 73.6 Å². The largest absolute Gasteiger partial charge is 0.512 e. The summed E-state index contributed by atoms with van der Waals surface area (Å²) in [5, 5.41) is 17.1. The zero-order valence-corrected chi connectivity index (χ0v) is 35.9. The Morgan fingerprint density at radius 3 is 2.17 bits per heavy atom. The molecule has 6 aromatic rings. The van der Waals surface area contributed by atoms with Crippen molar-refractivity contribution in [2.24, 2.45) is 10.8 Å². The van der Waals surface area contributed by atoms with Crippen LogP contribution in [0, 0.1) is 30.7 Å². The third kappa shape index (κ3) is 7.86. The summed E-state index contributed by atoms with van der Waals surface area (Å²) in [6.07, 6.45) is 6.60. The number of aliphatic hydroxyl groups excluding tert-OH is 1. The van der Waals surface area contributed by atoms with Gasteiger partial charge in [0.25, 0.3) is 0 Å². The summed E-state index contributed by atoms with van der Waals surface area (Å²) >= 11 is 1.78. The van der Waals surface area contributed by atoms with Crippen molar-refractivity contribution in [2.45, 2.75) is 107 Å². The van der Waals surface area contributed by atoms with E-state index >= 15 is 0 Å². The van der Waals surface area contributed by atoms with Crippen molar-refractivity contribution in [3.05, 3.63) is 101 Å². The molecular weight excluding hydrogens is 839 g/mol. The molecule has 6 rings (SSSR count). The smallest absolute Gasteiger partial charge is 0.164 e. The molecule has 1 N–H and O–H groups in total. The van der Waals surface area contributed by atoms with Gasteiger partial charge in [-0.3, -0.25) is 9.78 Å². The summed E-state index contributed by atoms with van der Waals surface area (Å²) in [7, 11) is 0. The molecule has 0 atom stereocenters. The number of aromatic nitrogens is 1. The van der Waals surface area contributed by atoms with Crippen molar-refractivity contribution in [3.63, 3.8) is 0 Å². The number of fused-ring (bicyclic) bond motifs is 3. The second-order valence-corrected chi connectivity index (χ2v) is 16.4. The molecule has 0 saturated heterocycles. The third-order valence-corrected chi connectivity index (χ3v) is 12.4. The first-order valence-corrected chi connectivity index (χ1v) is 19.3. The van der Waals surface area contributed by atoms with E-state index in [0.29, 0.717) is 0 Å². The number of hydrogen-bond donors (Lipinski definition) is 1. The van der Waals surface area contributed by atoms with E-state index in [9.17, 15) is 9.90 Å². The van der Waals surface area contributed by atoms with Gasteiger partial charge in [0, 0.05) is 69.9 Å². The van der Waals surface area contributed by atoms with Crippen LogP contribution in [0.1, 0.15) is 105 Å². The summed E-state index contributed by atoms with van der Waals surface area (Å²) in [6.45, 7) is 23.2. The number of ketones is 1. The van der Waals surface area contributed by atoms with Crippen LogP contribution in [0.3, 0.4) is 0 Å². The van der Waals surface area contributed by atoms with E-state index in [1.54, 1.807) is 11.3 Å². The zero-order chi connectivity index (χ0) is 37.3. The summed E-state index contributed by atoms with van der Waals surface area (Å²) in [6, 6.07) is 22.9. The number of carbonyl (C=O) groups excluding carboxylic acids is 1. The van der Waals surface area contributed by atoms with Crippen LogP contribution in [-0.4, -0.2) is 15.9 Å². The molecule has 277 valence electrons. The van der Waals surface area contributed by atoms with E-state index in [4.69, 9.17) is 9.40 Å². The maximum atomic E-state index is 12.2. The molecule has 1 radical (unpaired) electrons. The minimum absolute atomic E-state index is 0. The summed E-state index contributed by atoms with van der Waals surface area (Å²) in [5.41, 5.74) is 7.05. The van der Waals surface area contributed by atoms with Crippen molar-refractivity contribution < 1.29 is 34.4 Å². The van der Waals surface area contributed by atoms with Crippen LogP contribution < -0.4 is 0 Å². The van der Waals surface area contributed by atoms with Crippen molar-refractivity contribution in [1.29, 1.82) is 0 Å². The second-order valence-electron chi connectivity index (χ2n) is 15.5. The van der Waals surface area contributed by atoms with E-state index in [1.807, 2.05) is 53.8 Å². The monoisotopic (exact) mass is 893 g/mol. The van der Waals surface area contributed by atoms with Gasteiger partial charge in [0.2, 0.25) is 0 Å². The number of aliphatic hydroxyl groups is 1. The van der Waals surface area contributed by atoms with Crippen LogP contribution in [0.15, 0.2) is 82.4 Å². The number of aryl methyl sites for hydroxylation is 2. The molecule has 4 nitrogen and oxygen atoms in total. The van der Waals surface area contributed by atoms with Crippen LogP contribution in [0.5, 0.6) is 0 Å². The molecule has 52 heavy (non-hydrogen) atoms. The number of hydrogen-bond acceptors (Lipinski definition) is 5. The van der Waals surface area contributed by atoms with Gasteiger partial charge in [0.05, 0.1) is 0 Å². The first kappa shape index (κ1) is 41.2. The fraction of sp³-hybridized carbons (Fsp3) is 0.391. The molecule has 0 spiro atoms. The number of furan rings is 1. The Balaban J connectivity index is 0.000000289. The average molecular weight is 893 g/mol. The van der Waals surface area contributed by atoms with Crippen molar-refractivity contribution >= 4 is 48.9 Å². The molecular formula is C46H54IrNO3S-. The van der Waals surface area contributed by atoms with E-state index in [1.165, 1.54) is 32.7 Å². The summed E-state index contributed by atoms with van der Waals surface area (Å²) in [5.74, 6) is 1.21. The van der Waals surface area contributed by atoms with Crippen molar-refractivity contribution in [1.82, 2.24) is 4.98 Å². The molecule has 0 amide bonds. The number of pyridine rings is 1. The first-order chi connectivity index (χ1) is 24.1. The number of allylic oxidation sites excluding steroid dienone is 2. The second kappa shape index (κ2) is 16.2. The quantitative estimate of drug-likeness (QED) is 0.0892. The van der Waals surface area contributed by atoms with Crippen LogP contribution in [0.2, 0.25) is 0 Å². The van der Waals surface area contributed by atoms with Gasteiger partial charge in [0.1, 0.15) is 17.1 Å². The minimum Gasteiger partial charge on any atom is -0.512 e. The third-order valence-electron chi connectivity index (χ3n) is 11.3. The topological polar surface area (TPSA) is 63.3 Å². The molecule has 6 heteroatoms. The average Bonchev–Trinajstić information content (AvgIpc) is 3.69. The van der Waals surface area contributed by atoms with Crippen LogP contribution >= 0.6 is 11.3 Å². The van der Waals surface area contributed by atoms with Gasteiger partial charge in [-0.25, -0.2) is 0 Å². The Morgan fingerprint density at radius 1 is 0.885 bits per heavy atom. The Morgan fingerprint density at radius 2 is 1.54 bits per heavy atom. The maximum Gasteiger partial charge on any atom is 0.164 e. The molecule has 0 unspecified atom stereocenters. The van der Waals surface area contributed by atoms with Crippen molar-refractivity contribution in [2.75, 3.05) is 0 Å². The van der Waals surface area contributed by atoms with Gasteiger partial charge >= 0.3 is 0 Å². The molecule has 0 aliphatic carbocycles. The molecule has 3 aromatic carbocycles. The molecule has 3 heterocycles. The van der Waals surface area contributed by atoms with E-state index in [0.717, 1.165) is 70.2 Å². The van der Waals surface area contributed by atoms with Crippen LogP contribution in [0.4, 0.5) is 0 Å². The molecule has 0 fully saturated rings. The minimum atomic E-state index is -0.337. The van der Waals surface area contributed by atoms with E-state index in [2.05, 4.69) is 94.6 Å². The number of benzene rings is 3. The Kier molecular flexibility index (Phi) is 12.8. The van der Waals surface area contributed by atoms with Gasteiger partial charge in [-0.2, -0.15) is 0 Å². The standard InChI is InChI=1S/C31H26NOS.C15H28O2.Ir/c1-18-17-34-26-12-8-11-23(27(18)26)30-19(2)28-25(33-30)13-14-32-29(28)21-15-20-9-6-7-10-22(20)24(16-21)31(3,4)5;1-7-14(5,8-2)12(16)11-13(17)15(6,9-3)10-4;/h6-14,16-17H,1-5H3;11,16H,7-10H2,1-6H3;/q-1;;/b;12-11-;. The molecule has 0 aliphatic heterocycles. The van der Waals surface area contributed by atoms with Gasteiger partial charge < -0.3 is 9.52 Å². The van der Waals surface area contributed by atoms with Gasteiger partial charge in [-0.15, -0.1) is 40.5 Å². The molecule has 3 aromatic heterocycles. The molecule has 0 bridgehead atoms. The number of rotatable bonds is 9. The Labute approximate surface area is 328 Å². The van der Waals surface area contributed by atoms with Crippen molar-refractivity contribution in [3.8, 4) is 22.6 Å². The normalized spacial score (nSPS) is 12.6. The first-order valence-electron chi connectivity index (χ1n) is 18.4. The maximum absolute atomic E-state index is 12.2. The SMILES string of the molecule is CCC(C)(CC)C(=O)/C=C(\O)C(C)(CC)CC.Cc1c(-c2cccc3scc(C)c23)oc2ccnc(-c3[c-]c4ccccc4c(C(C)(C)C)c3)c12.[Ir]. The Hall–Kier alpha value is -3.57. The zero-order valence-electron chi connectivity index (χ0n) is 32.7. The van der Waals surface area contributed by atoms with Crippen LogP contribution in [-0.2, 0) is 30.3 Å². The summed E-state index contributed by atoms with van der Waals surface area (Å²) in [4.78, 5) is 17.0. The predicted octanol–water partition coefficient (Wildman–Crippen LogP) is 13.9. The molecule has 0 saturated carbocycles. The fourth-order valence-corrected chi connectivity index (χ4v) is 7.72. The Bertz CT molecular complexity index is 2220. The predicted molar refractivity (Wildman–Crippen MR) is 218 cm³/mol.